The predicted molar refractivity (Wildman–Crippen MR) is 77.1 cm³/mol. The smallest absolute Gasteiger partial charge is 0.225 e. The Kier molecular flexibility index (Phi) is 4.06. The Bertz CT molecular complexity index is 608. The minimum atomic E-state index is -0.606. The van der Waals surface area contributed by atoms with E-state index in [2.05, 4.69) is 20.2 Å². The zero-order chi connectivity index (χ0) is 14.7. The number of nitrogens with one attached hydrogen (secondary N) is 1. The van der Waals surface area contributed by atoms with Crippen molar-refractivity contribution in [3.8, 4) is 11.1 Å². The lowest BCUT2D eigenvalue weighted by Gasteiger charge is -2.19. The third-order valence-electron chi connectivity index (χ3n) is 3.50. The number of hydrogen-bond donors (Lipinski definition) is 1. The Morgan fingerprint density at radius 2 is 1.86 bits per heavy atom. The summed E-state index contributed by atoms with van der Waals surface area (Å²) in [5.41, 5.74) is 0.852. The molecule has 0 atom stereocenters. The van der Waals surface area contributed by atoms with Gasteiger partial charge in [-0.2, -0.15) is 0 Å². The van der Waals surface area contributed by atoms with E-state index in [0.29, 0.717) is 17.1 Å². The van der Waals surface area contributed by atoms with Gasteiger partial charge in [-0.15, -0.1) is 0 Å². The molecule has 0 amide bonds. The van der Waals surface area contributed by atoms with Crippen LogP contribution in [-0.2, 0) is 0 Å². The molecule has 0 unspecified atom stereocenters. The first kappa shape index (κ1) is 13.9. The first-order valence-electron chi connectivity index (χ1n) is 6.97. The zero-order valence-corrected chi connectivity index (χ0v) is 11.5. The summed E-state index contributed by atoms with van der Waals surface area (Å²) in [6.07, 6.45) is 4.20. The molecule has 21 heavy (non-hydrogen) atoms. The number of hydrogen-bond acceptors (Lipinski definition) is 4. The quantitative estimate of drug-likeness (QED) is 0.921. The fourth-order valence-corrected chi connectivity index (χ4v) is 2.39. The Labute approximate surface area is 121 Å². The molecule has 1 fully saturated rings. The molecule has 1 N–H and O–H groups in total. The van der Waals surface area contributed by atoms with Crippen LogP contribution in [0.5, 0.6) is 0 Å². The molecule has 110 valence electrons. The van der Waals surface area contributed by atoms with Crippen LogP contribution >= 0.6 is 0 Å². The largest absolute Gasteiger partial charge is 0.340 e. The van der Waals surface area contributed by atoms with Crippen molar-refractivity contribution in [2.45, 2.75) is 6.42 Å². The molecule has 0 bridgehead atoms. The van der Waals surface area contributed by atoms with E-state index in [9.17, 15) is 8.78 Å². The number of nitrogens with zero attached hydrogens (tertiary/aromatic N) is 3. The molecule has 4 nitrogen and oxygen atoms in total. The van der Waals surface area contributed by atoms with Gasteiger partial charge in [-0.3, -0.25) is 0 Å². The van der Waals surface area contributed by atoms with Crippen molar-refractivity contribution >= 4 is 5.95 Å². The summed E-state index contributed by atoms with van der Waals surface area (Å²) in [7, 11) is 0. The van der Waals surface area contributed by atoms with Gasteiger partial charge in [0.05, 0.1) is 0 Å². The highest BCUT2D eigenvalue weighted by Gasteiger charge is 2.13. The van der Waals surface area contributed by atoms with Crippen LogP contribution in [0.15, 0.2) is 30.6 Å². The van der Waals surface area contributed by atoms with Crippen molar-refractivity contribution in [3.63, 3.8) is 0 Å². The second-order valence-electron chi connectivity index (χ2n) is 4.99. The van der Waals surface area contributed by atoms with E-state index in [1.54, 1.807) is 12.4 Å². The lowest BCUT2D eigenvalue weighted by atomic mass is 10.1. The Morgan fingerprint density at radius 1 is 1.05 bits per heavy atom. The SMILES string of the molecule is Fc1ccc(-c2cnc(N3CCCNCC3)nc2)c(F)c1. The molecule has 1 aliphatic heterocycles. The van der Waals surface area contributed by atoms with Gasteiger partial charge in [0, 0.05) is 49.2 Å². The van der Waals surface area contributed by atoms with Crippen LogP contribution in [0, 0.1) is 11.6 Å². The third-order valence-corrected chi connectivity index (χ3v) is 3.50. The molecule has 0 spiro atoms. The summed E-state index contributed by atoms with van der Waals surface area (Å²) < 4.78 is 26.7. The lowest BCUT2D eigenvalue weighted by Crippen LogP contribution is -2.29. The number of halogens is 2. The van der Waals surface area contributed by atoms with Gasteiger partial charge in [0.25, 0.3) is 0 Å². The maximum Gasteiger partial charge on any atom is 0.225 e. The Balaban J connectivity index is 1.83. The monoisotopic (exact) mass is 290 g/mol. The van der Waals surface area contributed by atoms with E-state index < -0.39 is 11.6 Å². The van der Waals surface area contributed by atoms with Crippen molar-refractivity contribution in [1.29, 1.82) is 0 Å². The van der Waals surface area contributed by atoms with Crippen molar-refractivity contribution in [2.24, 2.45) is 0 Å². The average Bonchev–Trinajstić information content (AvgIpc) is 2.77. The van der Waals surface area contributed by atoms with E-state index >= 15 is 0 Å². The van der Waals surface area contributed by atoms with Gasteiger partial charge >= 0.3 is 0 Å². The van der Waals surface area contributed by atoms with Gasteiger partial charge in [0.1, 0.15) is 11.6 Å². The zero-order valence-electron chi connectivity index (χ0n) is 11.5. The van der Waals surface area contributed by atoms with Crippen LogP contribution < -0.4 is 10.2 Å². The van der Waals surface area contributed by atoms with Crippen molar-refractivity contribution < 1.29 is 8.78 Å². The molecule has 1 saturated heterocycles. The van der Waals surface area contributed by atoms with E-state index in [4.69, 9.17) is 0 Å². The molecule has 1 aromatic heterocycles. The Morgan fingerprint density at radius 3 is 2.62 bits per heavy atom. The molecule has 3 rings (SSSR count). The summed E-state index contributed by atoms with van der Waals surface area (Å²) in [5.74, 6) is -0.554. The number of rotatable bonds is 2. The van der Waals surface area contributed by atoms with Crippen LogP contribution in [0.1, 0.15) is 6.42 Å². The number of benzene rings is 1. The number of anilines is 1. The van der Waals surface area contributed by atoms with E-state index in [1.165, 1.54) is 12.1 Å². The second kappa shape index (κ2) is 6.13. The van der Waals surface area contributed by atoms with Gasteiger partial charge in [-0.25, -0.2) is 18.7 Å². The van der Waals surface area contributed by atoms with Crippen LogP contribution in [0.2, 0.25) is 0 Å². The molecule has 6 heteroatoms. The fourth-order valence-electron chi connectivity index (χ4n) is 2.39. The molecular formula is C15H16F2N4. The van der Waals surface area contributed by atoms with Crippen molar-refractivity contribution in [3.05, 3.63) is 42.2 Å². The highest BCUT2D eigenvalue weighted by Crippen LogP contribution is 2.23. The standard InChI is InChI=1S/C15H16F2N4/c16-12-2-3-13(14(17)8-12)11-9-19-15(20-10-11)21-6-1-4-18-5-7-21/h2-3,8-10,18H,1,4-7H2. The molecule has 0 radical (unpaired) electrons. The first-order valence-corrected chi connectivity index (χ1v) is 6.97. The Hall–Kier alpha value is -2.08. The molecular weight excluding hydrogens is 274 g/mol. The van der Waals surface area contributed by atoms with Crippen LogP contribution in [0.25, 0.3) is 11.1 Å². The van der Waals surface area contributed by atoms with Gasteiger partial charge < -0.3 is 10.2 Å². The van der Waals surface area contributed by atoms with Crippen LogP contribution in [-0.4, -0.2) is 36.1 Å². The normalized spacial score (nSPS) is 15.8. The van der Waals surface area contributed by atoms with E-state index in [-0.39, 0.29) is 0 Å². The van der Waals surface area contributed by atoms with Gasteiger partial charge in [0.2, 0.25) is 5.95 Å². The predicted octanol–water partition coefficient (Wildman–Crippen LogP) is 2.22. The molecule has 0 aliphatic carbocycles. The summed E-state index contributed by atoms with van der Waals surface area (Å²) in [4.78, 5) is 10.7. The van der Waals surface area contributed by atoms with Crippen LogP contribution in [0.4, 0.5) is 14.7 Å². The molecule has 2 aromatic rings. The minimum absolute atomic E-state index is 0.306. The maximum atomic E-state index is 13.7. The highest BCUT2D eigenvalue weighted by atomic mass is 19.1. The third kappa shape index (κ3) is 3.16. The molecule has 1 aromatic carbocycles. The summed E-state index contributed by atoms with van der Waals surface area (Å²) in [6, 6.07) is 3.50. The van der Waals surface area contributed by atoms with Gasteiger partial charge in [0.15, 0.2) is 0 Å². The molecule has 1 aliphatic rings. The van der Waals surface area contributed by atoms with Crippen molar-refractivity contribution in [1.82, 2.24) is 15.3 Å². The van der Waals surface area contributed by atoms with Gasteiger partial charge in [-0.1, -0.05) is 0 Å². The fraction of sp³-hybridized carbons (Fsp3) is 0.333. The first-order chi connectivity index (χ1) is 10.2. The van der Waals surface area contributed by atoms with E-state index in [0.717, 1.165) is 38.7 Å². The van der Waals surface area contributed by atoms with Crippen LogP contribution in [0.3, 0.4) is 0 Å². The summed E-state index contributed by atoms with van der Waals surface area (Å²) in [5, 5.41) is 3.31. The van der Waals surface area contributed by atoms with Gasteiger partial charge in [-0.05, 0) is 25.1 Å². The number of aromatic nitrogens is 2. The lowest BCUT2D eigenvalue weighted by molar-refractivity contribution is 0.585. The summed E-state index contributed by atoms with van der Waals surface area (Å²) >= 11 is 0. The highest BCUT2D eigenvalue weighted by molar-refractivity contribution is 5.62. The van der Waals surface area contributed by atoms with E-state index in [1.807, 2.05) is 0 Å². The average molecular weight is 290 g/mol. The minimum Gasteiger partial charge on any atom is -0.340 e. The maximum absolute atomic E-state index is 13.7. The second-order valence-corrected chi connectivity index (χ2v) is 4.99. The molecule has 0 saturated carbocycles. The summed E-state index contributed by atoms with van der Waals surface area (Å²) in [6.45, 7) is 3.65. The van der Waals surface area contributed by atoms with Crippen molar-refractivity contribution in [2.75, 3.05) is 31.1 Å². The molecule has 2 heterocycles. The topological polar surface area (TPSA) is 41.1 Å².